The van der Waals surface area contributed by atoms with Crippen LogP contribution in [0.3, 0.4) is 0 Å². The standard InChI is InChI=1S/C13H18BrNO/c1-16-13-7-12(14)6-5-11(13)9-15-8-10-3-2-4-10/h5-7,10,15H,2-4,8-9H2,1H3. The van der Waals surface area contributed by atoms with Crippen molar-refractivity contribution in [3.05, 3.63) is 28.2 Å². The normalized spacial score (nSPS) is 15.9. The average molecular weight is 284 g/mol. The molecule has 1 aromatic carbocycles. The van der Waals surface area contributed by atoms with Crippen molar-refractivity contribution >= 4 is 15.9 Å². The Morgan fingerprint density at radius 3 is 2.88 bits per heavy atom. The predicted molar refractivity (Wildman–Crippen MR) is 69.7 cm³/mol. The molecule has 2 nitrogen and oxygen atoms in total. The molecule has 0 saturated heterocycles. The van der Waals surface area contributed by atoms with E-state index < -0.39 is 0 Å². The summed E-state index contributed by atoms with van der Waals surface area (Å²) in [6.45, 7) is 2.03. The first-order valence-corrected chi connectivity index (χ1v) is 6.62. The molecule has 0 aliphatic heterocycles. The third kappa shape index (κ3) is 2.98. The molecule has 0 bridgehead atoms. The van der Waals surface area contributed by atoms with Gasteiger partial charge in [-0.1, -0.05) is 28.4 Å². The van der Waals surface area contributed by atoms with Gasteiger partial charge in [0.05, 0.1) is 7.11 Å². The summed E-state index contributed by atoms with van der Waals surface area (Å²) in [5.74, 6) is 1.86. The zero-order chi connectivity index (χ0) is 11.4. The van der Waals surface area contributed by atoms with E-state index >= 15 is 0 Å². The number of halogens is 1. The van der Waals surface area contributed by atoms with Crippen LogP contribution in [-0.2, 0) is 6.54 Å². The highest BCUT2D eigenvalue weighted by Gasteiger charge is 2.16. The Labute approximate surface area is 106 Å². The van der Waals surface area contributed by atoms with Crippen LogP contribution in [0.1, 0.15) is 24.8 Å². The van der Waals surface area contributed by atoms with E-state index in [9.17, 15) is 0 Å². The molecule has 0 spiro atoms. The molecule has 1 N–H and O–H groups in total. The minimum Gasteiger partial charge on any atom is -0.496 e. The summed E-state index contributed by atoms with van der Waals surface area (Å²) in [6.07, 6.45) is 4.20. The monoisotopic (exact) mass is 283 g/mol. The lowest BCUT2D eigenvalue weighted by Gasteiger charge is -2.25. The van der Waals surface area contributed by atoms with Crippen molar-refractivity contribution in [2.24, 2.45) is 5.92 Å². The van der Waals surface area contributed by atoms with Crippen LogP contribution in [0, 0.1) is 5.92 Å². The van der Waals surface area contributed by atoms with Gasteiger partial charge in [-0.2, -0.15) is 0 Å². The second-order valence-electron chi connectivity index (χ2n) is 4.38. The van der Waals surface area contributed by atoms with Crippen LogP contribution in [0.2, 0.25) is 0 Å². The van der Waals surface area contributed by atoms with Crippen molar-refractivity contribution in [3.8, 4) is 5.75 Å². The van der Waals surface area contributed by atoms with Crippen molar-refractivity contribution in [3.63, 3.8) is 0 Å². The highest BCUT2D eigenvalue weighted by Crippen LogP contribution is 2.26. The van der Waals surface area contributed by atoms with Gasteiger partial charge in [0, 0.05) is 16.6 Å². The van der Waals surface area contributed by atoms with Crippen molar-refractivity contribution in [2.45, 2.75) is 25.8 Å². The number of methoxy groups -OCH3 is 1. The fourth-order valence-corrected chi connectivity index (χ4v) is 2.31. The highest BCUT2D eigenvalue weighted by atomic mass is 79.9. The van der Waals surface area contributed by atoms with Gasteiger partial charge >= 0.3 is 0 Å². The topological polar surface area (TPSA) is 21.3 Å². The van der Waals surface area contributed by atoms with Crippen molar-refractivity contribution < 1.29 is 4.74 Å². The number of nitrogens with one attached hydrogen (secondary N) is 1. The molecule has 0 radical (unpaired) electrons. The van der Waals surface area contributed by atoms with Crippen LogP contribution in [0.15, 0.2) is 22.7 Å². The van der Waals surface area contributed by atoms with Gasteiger partial charge in [0.25, 0.3) is 0 Å². The number of hydrogen-bond acceptors (Lipinski definition) is 2. The minimum absolute atomic E-state index is 0.896. The molecular weight excluding hydrogens is 266 g/mol. The van der Waals surface area contributed by atoms with Gasteiger partial charge in [0.15, 0.2) is 0 Å². The van der Waals surface area contributed by atoms with E-state index in [1.165, 1.54) is 24.8 Å². The maximum Gasteiger partial charge on any atom is 0.124 e. The molecule has 1 aliphatic rings. The van der Waals surface area contributed by atoms with Gasteiger partial charge in [0.1, 0.15) is 5.75 Å². The third-order valence-electron chi connectivity index (χ3n) is 3.22. The van der Waals surface area contributed by atoms with Crippen molar-refractivity contribution in [2.75, 3.05) is 13.7 Å². The number of ether oxygens (including phenoxy) is 1. The second-order valence-corrected chi connectivity index (χ2v) is 5.30. The fraction of sp³-hybridized carbons (Fsp3) is 0.538. The molecule has 0 heterocycles. The SMILES string of the molecule is COc1cc(Br)ccc1CNCC1CCC1. The molecule has 1 aliphatic carbocycles. The van der Waals surface area contributed by atoms with E-state index in [-0.39, 0.29) is 0 Å². The van der Waals surface area contributed by atoms with Gasteiger partial charge in [-0.15, -0.1) is 0 Å². The Bertz CT molecular complexity index is 350. The number of benzene rings is 1. The second kappa shape index (κ2) is 5.69. The summed E-state index contributed by atoms with van der Waals surface area (Å²) in [6, 6.07) is 6.18. The molecule has 1 saturated carbocycles. The smallest absolute Gasteiger partial charge is 0.124 e. The van der Waals surface area contributed by atoms with E-state index in [4.69, 9.17) is 4.74 Å². The molecule has 0 atom stereocenters. The summed E-state index contributed by atoms with van der Waals surface area (Å²) >= 11 is 3.45. The van der Waals surface area contributed by atoms with Gasteiger partial charge < -0.3 is 10.1 Å². The lowest BCUT2D eigenvalue weighted by atomic mass is 9.85. The van der Waals surface area contributed by atoms with Gasteiger partial charge in [-0.25, -0.2) is 0 Å². The predicted octanol–water partition coefficient (Wildman–Crippen LogP) is 3.35. The van der Waals surface area contributed by atoms with E-state index in [0.29, 0.717) is 0 Å². The van der Waals surface area contributed by atoms with Gasteiger partial charge in [-0.3, -0.25) is 0 Å². The molecule has 16 heavy (non-hydrogen) atoms. The van der Waals surface area contributed by atoms with Gasteiger partial charge in [0.2, 0.25) is 0 Å². The lowest BCUT2D eigenvalue weighted by Crippen LogP contribution is -2.27. The molecule has 1 fully saturated rings. The first kappa shape index (κ1) is 11.9. The number of rotatable bonds is 5. The Kier molecular flexibility index (Phi) is 4.24. The Morgan fingerprint density at radius 1 is 1.44 bits per heavy atom. The fourth-order valence-electron chi connectivity index (χ4n) is 1.97. The summed E-state index contributed by atoms with van der Waals surface area (Å²) in [5.41, 5.74) is 1.23. The van der Waals surface area contributed by atoms with E-state index in [1.54, 1.807) is 7.11 Å². The molecule has 0 aromatic heterocycles. The minimum atomic E-state index is 0.896. The van der Waals surface area contributed by atoms with E-state index in [1.807, 2.05) is 6.07 Å². The lowest BCUT2D eigenvalue weighted by molar-refractivity contribution is 0.300. The molecule has 3 heteroatoms. The van der Waals surface area contributed by atoms with E-state index in [0.717, 1.165) is 29.2 Å². The van der Waals surface area contributed by atoms with Crippen LogP contribution < -0.4 is 10.1 Å². The zero-order valence-corrected chi connectivity index (χ0v) is 11.2. The molecule has 0 unspecified atom stereocenters. The summed E-state index contributed by atoms with van der Waals surface area (Å²) in [7, 11) is 1.72. The van der Waals surface area contributed by atoms with Crippen LogP contribution in [0.5, 0.6) is 5.75 Å². The summed E-state index contributed by atoms with van der Waals surface area (Å²) in [5, 5.41) is 3.50. The Balaban J connectivity index is 1.87. The Hall–Kier alpha value is -0.540. The van der Waals surface area contributed by atoms with E-state index in [2.05, 4.69) is 33.4 Å². The number of hydrogen-bond donors (Lipinski definition) is 1. The van der Waals surface area contributed by atoms with Crippen molar-refractivity contribution in [1.29, 1.82) is 0 Å². The van der Waals surface area contributed by atoms with Gasteiger partial charge in [-0.05, 0) is 37.4 Å². The quantitative estimate of drug-likeness (QED) is 0.895. The molecule has 88 valence electrons. The van der Waals surface area contributed by atoms with Crippen LogP contribution in [0.25, 0.3) is 0 Å². The summed E-state index contributed by atoms with van der Waals surface area (Å²) in [4.78, 5) is 0. The summed E-state index contributed by atoms with van der Waals surface area (Å²) < 4.78 is 6.42. The molecule has 1 aromatic rings. The first-order valence-electron chi connectivity index (χ1n) is 5.82. The average Bonchev–Trinajstić information content (AvgIpc) is 2.23. The van der Waals surface area contributed by atoms with Crippen LogP contribution >= 0.6 is 15.9 Å². The maximum atomic E-state index is 5.35. The van der Waals surface area contributed by atoms with Crippen molar-refractivity contribution in [1.82, 2.24) is 5.32 Å². The Morgan fingerprint density at radius 2 is 2.25 bits per heavy atom. The largest absolute Gasteiger partial charge is 0.496 e. The maximum absolute atomic E-state index is 5.35. The zero-order valence-electron chi connectivity index (χ0n) is 9.63. The molecular formula is C13H18BrNO. The van der Waals surface area contributed by atoms with Crippen LogP contribution in [0.4, 0.5) is 0 Å². The first-order chi connectivity index (χ1) is 7.79. The third-order valence-corrected chi connectivity index (χ3v) is 3.72. The highest BCUT2D eigenvalue weighted by molar-refractivity contribution is 9.10. The van der Waals surface area contributed by atoms with Crippen LogP contribution in [-0.4, -0.2) is 13.7 Å². The molecule has 0 amide bonds. The molecule has 2 rings (SSSR count).